The largest absolute Gasteiger partial charge is 0.390 e. The maximum Gasteiger partial charge on any atom is 0.0950 e. The molecular weight excluding hydrogens is 274 g/mol. The van der Waals surface area contributed by atoms with E-state index in [-0.39, 0.29) is 12.1 Å². The summed E-state index contributed by atoms with van der Waals surface area (Å²) >= 11 is 0. The van der Waals surface area contributed by atoms with Crippen molar-refractivity contribution in [3.05, 3.63) is 54.1 Å². The number of hydrogen-bond donors (Lipinski definition) is 2. The Morgan fingerprint density at radius 3 is 2.50 bits per heavy atom. The summed E-state index contributed by atoms with van der Waals surface area (Å²) in [4.78, 5) is 4.13. The number of rotatable bonds is 9. The molecule has 2 N–H and O–H groups in total. The first-order valence-corrected chi connectivity index (χ1v) is 8.16. The van der Waals surface area contributed by atoms with E-state index in [0.29, 0.717) is 0 Å². The van der Waals surface area contributed by atoms with Crippen LogP contribution >= 0.6 is 0 Å². The lowest BCUT2D eigenvalue weighted by Crippen LogP contribution is -2.42. The van der Waals surface area contributed by atoms with Crippen LogP contribution in [0.25, 0.3) is 0 Å². The molecule has 0 amide bonds. The molecule has 22 heavy (non-hydrogen) atoms. The van der Waals surface area contributed by atoms with Crippen molar-refractivity contribution in [2.75, 3.05) is 6.54 Å². The number of imidazole rings is 1. The van der Waals surface area contributed by atoms with Crippen LogP contribution in [0, 0.1) is 0 Å². The van der Waals surface area contributed by atoms with E-state index in [9.17, 15) is 0 Å². The molecule has 0 aliphatic heterocycles. The number of aryl methyl sites for hydroxylation is 1. The van der Waals surface area contributed by atoms with Gasteiger partial charge in [-0.05, 0) is 31.4 Å². The van der Waals surface area contributed by atoms with Crippen LogP contribution in [0.5, 0.6) is 0 Å². The zero-order valence-electron chi connectivity index (χ0n) is 13.6. The van der Waals surface area contributed by atoms with Crippen LogP contribution in [0.4, 0.5) is 0 Å². The smallest absolute Gasteiger partial charge is 0.0950 e. The van der Waals surface area contributed by atoms with Gasteiger partial charge in [-0.15, -0.1) is 0 Å². The van der Waals surface area contributed by atoms with Gasteiger partial charge in [0.05, 0.1) is 18.6 Å². The van der Waals surface area contributed by atoms with Gasteiger partial charge < -0.3 is 15.0 Å². The molecular formula is C18H27N3O. The molecule has 0 bridgehead atoms. The second-order valence-corrected chi connectivity index (χ2v) is 5.70. The van der Waals surface area contributed by atoms with Gasteiger partial charge in [-0.1, -0.05) is 44.2 Å². The van der Waals surface area contributed by atoms with Gasteiger partial charge in [0.15, 0.2) is 0 Å². The molecule has 1 aromatic carbocycles. The predicted octanol–water partition coefficient (Wildman–Crippen LogP) is 3.07. The number of hydrogen-bond acceptors (Lipinski definition) is 3. The molecule has 2 aromatic rings. The topological polar surface area (TPSA) is 50.1 Å². The highest BCUT2D eigenvalue weighted by molar-refractivity contribution is 5.24. The van der Waals surface area contributed by atoms with Crippen LogP contribution in [-0.4, -0.2) is 21.2 Å². The van der Waals surface area contributed by atoms with Crippen molar-refractivity contribution >= 4 is 0 Å². The Kier molecular flexibility index (Phi) is 6.16. The number of aliphatic hydroxyl groups is 1. The lowest BCUT2D eigenvalue weighted by Gasteiger charge is -2.34. The van der Waals surface area contributed by atoms with Gasteiger partial charge in [0, 0.05) is 18.3 Å². The van der Waals surface area contributed by atoms with Gasteiger partial charge >= 0.3 is 0 Å². The van der Waals surface area contributed by atoms with E-state index >= 15 is 0 Å². The molecule has 1 aromatic heterocycles. The highest BCUT2D eigenvalue weighted by Gasteiger charge is 2.26. The zero-order chi connectivity index (χ0) is 15.8. The van der Waals surface area contributed by atoms with Gasteiger partial charge in [0.25, 0.3) is 0 Å². The molecule has 0 saturated carbocycles. The number of aromatic nitrogens is 2. The van der Waals surface area contributed by atoms with Crippen LogP contribution in [-0.2, 0) is 18.7 Å². The monoisotopic (exact) mass is 301 g/mol. The molecule has 0 aliphatic rings. The lowest BCUT2D eigenvalue weighted by molar-refractivity contribution is 0.277. The SMILES string of the molecule is CCC(CC)(NCCCn1cnc(CO)c1)c1ccccc1. The first kappa shape index (κ1) is 16.7. The standard InChI is InChI=1S/C18H27N3O/c1-3-18(4-2,16-9-6-5-7-10-16)20-11-8-12-21-13-17(14-22)19-15-21/h5-7,9-10,13,15,20,22H,3-4,8,11-12,14H2,1-2H3. The Balaban J connectivity index is 1.89. The van der Waals surface area contributed by atoms with Crippen molar-refractivity contribution in [1.29, 1.82) is 0 Å². The highest BCUT2D eigenvalue weighted by atomic mass is 16.3. The Bertz CT molecular complexity index is 546. The third-order valence-corrected chi connectivity index (χ3v) is 4.44. The van der Waals surface area contributed by atoms with E-state index < -0.39 is 0 Å². The van der Waals surface area contributed by atoms with Crippen molar-refractivity contribution in [2.45, 2.75) is 51.8 Å². The second kappa shape index (κ2) is 8.11. The highest BCUT2D eigenvalue weighted by Crippen LogP contribution is 2.28. The summed E-state index contributed by atoms with van der Waals surface area (Å²) in [5.41, 5.74) is 2.16. The molecule has 0 spiro atoms. The van der Waals surface area contributed by atoms with Crippen LogP contribution in [0.1, 0.15) is 44.4 Å². The van der Waals surface area contributed by atoms with Crippen LogP contribution in [0.15, 0.2) is 42.9 Å². The minimum atomic E-state index is 0.00797. The van der Waals surface area contributed by atoms with Crippen molar-refractivity contribution in [2.24, 2.45) is 0 Å². The minimum absolute atomic E-state index is 0.00797. The molecule has 0 aliphatic carbocycles. The van der Waals surface area contributed by atoms with Gasteiger partial charge in [0.1, 0.15) is 0 Å². The second-order valence-electron chi connectivity index (χ2n) is 5.70. The van der Waals surface area contributed by atoms with E-state index in [1.54, 1.807) is 6.33 Å². The third-order valence-electron chi connectivity index (χ3n) is 4.44. The van der Waals surface area contributed by atoms with E-state index in [4.69, 9.17) is 5.11 Å². The van der Waals surface area contributed by atoms with E-state index in [1.165, 1.54) is 5.56 Å². The average Bonchev–Trinajstić information content (AvgIpc) is 3.04. The number of nitrogens with one attached hydrogen (secondary N) is 1. The molecule has 120 valence electrons. The normalized spacial score (nSPS) is 11.8. The summed E-state index contributed by atoms with van der Waals surface area (Å²) in [6, 6.07) is 10.7. The molecule has 2 rings (SSSR count). The molecule has 0 saturated heterocycles. The fourth-order valence-electron chi connectivity index (χ4n) is 2.97. The molecule has 4 heteroatoms. The van der Waals surface area contributed by atoms with Gasteiger partial charge in [0.2, 0.25) is 0 Å². The van der Waals surface area contributed by atoms with Gasteiger partial charge in [-0.25, -0.2) is 4.98 Å². The third kappa shape index (κ3) is 3.96. The van der Waals surface area contributed by atoms with Crippen LogP contribution < -0.4 is 5.32 Å². The first-order valence-electron chi connectivity index (χ1n) is 8.16. The Labute approximate surface area is 133 Å². The molecule has 0 fully saturated rings. The number of aliphatic hydroxyl groups excluding tert-OH is 1. The van der Waals surface area contributed by atoms with Crippen molar-refractivity contribution < 1.29 is 5.11 Å². The lowest BCUT2D eigenvalue weighted by atomic mass is 9.84. The van der Waals surface area contributed by atoms with Crippen molar-refractivity contribution in [3.63, 3.8) is 0 Å². The summed E-state index contributed by atoms with van der Waals surface area (Å²) in [7, 11) is 0. The van der Waals surface area contributed by atoms with Gasteiger partial charge in [-0.2, -0.15) is 0 Å². The maximum absolute atomic E-state index is 9.03. The molecule has 1 heterocycles. The Morgan fingerprint density at radius 2 is 1.91 bits per heavy atom. The summed E-state index contributed by atoms with van der Waals surface area (Å²) in [6.45, 7) is 6.37. The molecule has 0 atom stereocenters. The van der Waals surface area contributed by atoms with Crippen molar-refractivity contribution in [3.8, 4) is 0 Å². The fraction of sp³-hybridized carbons (Fsp3) is 0.500. The van der Waals surface area contributed by atoms with E-state index in [0.717, 1.165) is 38.0 Å². The predicted molar refractivity (Wildman–Crippen MR) is 89.5 cm³/mol. The maximum atomic E-state index is 9.03. The quantitative estimate of drug-likeness (QED) is 0.700. The Morgan fingerprint density at radius 1 is 1.18 bits per heavy atom. The number of nitrogens with zero attached hydrogens (tertiary/aromatic N) is 2. The summed E-state index contributed by atoms with van der Waals surface area (Å²) in [6.07, 6.45) is 6.88. The van der Waals surface area contributed by atoms with E-state index in [2.05, 4.69) is 54.5 Å². The Hall–Kier alpha value is -1.65. The van der Waals surface area contributed by atoms with Crippen molar-refractivity contribution in [1.82, 2.24) is 14.9 Å². The summed E-state index contributed by atoms with van der Waals surface area (Å²) < 4.78 is 2.04. The van der Waals surface area contributed by atoms with Gasteiger partial charge in [-0.3, -0.25) is 0 Å². The molecule has 4 nitrogen and oxygen atoms in total. The minimum Gasteiger partial charge on any atom is -0.390 e. The first-order chi connectivity index (χ1) is 10.7. The summed E-state index contributed by atoms with van der Waals surface area (Å²) in [5, 5.41) is 12.8. The average molecular weight is 301 g/mol. The molecule has 0 radical (unpaired) electrons. The molecule has 0 unspecified atom stereocenters. The van der Waals surface area contributed by atoms with E-state index in [1.807, 2.05) is 10.8 Å². The fourth-order valence-corrected chi connectivity index (χ4v) is 2.97. The number of benzene rings is 1. The zero-order valence-corrected chi connectivity index (χ0v) is 13.6. The van der Waals surface area contributed by atoms with Crippen LogP contribution in [0.3, 0.4) is 0 Å². The summed E-state index contributed by atoms with van der Waals surface area (Å²) in [5.74, 6) is 0. The van der Waals surface area contributed by atoms with Crippen LogP contribution in [0.2, 0.25) is 0 Å².